The molecular weight excluding hydrogens is 737 g/mol. The molecule has 0 amide bonds. The number of hydrogen-bond donors (Lipinski definition) is 0. The van der Waals surface area contributed by atoms with E-state index in [4.69, 9.17) is 9.47 Å². The van der Waals surface area contributed by atoms with Crippen molar-refractivity contribution in [2.45, 2.75) is 90.9 Å². The normalized spacial score (nSPS) is 16.1. The van der Waals surface area contributed by atoms with Crippen LogP contribution in [0.1, 0.15) is 103 Å². The zero-order chi connectivity index (χ0) is 40.7. The Morgan fingerprint density at radius 3 is 1.68 bits per heavy atom. The summed E-state index contributed by atoms with van der Waals surface area (Å²) in [7, 11) is 0. The number of benzene rings is 6. The van der Waals surface area contributed by atoms with E-state index in [1.807, 2.05) is 11.3 Å². The highest BCUT2D eigenvalue weighted by molar-refractivity contribution is 7.23. The maximum absolute atomic E-state index is 7.10. The molecule has 12 rings (SSSR count). The first kappa shape index (κ1) is 35.4. The van der Waals surface area contributed by atoms with Gasteiger partial charge in [-0.25, -0.2) is 0 Å². The molecule has 2 aliphatic carbocycles. The average Bonchev–Trinajstić information content (AvgIpc) is 3.89. The summed E-state index contributed by atoms with van der Waals surface area (Å²) in [5.74, 6) is 3.56. The van der Waals surface area contributed by atoms with Crippen LogP contribution in [0.4, 0.5) is 0 Å². The largest absolute Gasteiger partial charge is 0.458 e. The molecule has 3 nitrogen and oxygen atoms in total. The van der Waals surface area contributed by atoms with Crippen LogP contribution in [0, 0.1) is 0 Å². The van der Waals surface area contributed by atoms with E-state index in [9.17, 15) is 0 Å². The van der Waals surface area contributed by atoms with Gasteiger partial charge in [0.1, 0.15) is 23.0 Å². The topological polar surface area (TPSA) is 23.4 Å². The molecule has 0 spiro atoms. The molecule has 0 bridgehead atoms. The minimum atomic E-state index is -0.192. The number of ether oxygens (including phenoxy) is 2. The quantitative estimate of drug-likeness (QED) is 0.155. The lowest BCUT2D eigenvalue weighted by atomic mass is 9.34. The zero-order valence-corrected chi connectivity index (χ0v) is 36.5. The number of aromatic nitrogens is 1. The van der Waals surface area contributed by atoms with E-state index in [-0.39, 0.29) is 28.4 Å². The van der Waals surface area contributed by atoms with Gasteiger partial charge in [0.2, 0.25) is 0 Å². The molecule has 6 aromatic carbocycles. The Balaban J connectivity index is 1.17. The van der Waals surface area contributed by atoms with Crippen LogP contribution in [0.15, 0.2) is 109 Å². The molecule has 2 aliphatic heterocycles. The van der Waals surface area contributed by atoms with Gasteiger partial charge in [0.15, 0.2) is 0 Å². The molecule has 0 fully saturated rings. The van der Waals surface area contributed by atoms with Gasteiger partial charge < -0.3 is 14.0 Å². The van der Waals surface area contributed by atoms with Gasteiger partial charge >= 0.3 is 0 Å². The second-order valence-corrected chi connectivity index (χ2v) is 21.6. The highest BCUT2D eigenvalue weighted by atomic mass is 32.1. The van der Waals surface area contributed by atoms with Gasteiger partial charge in [-0.2, -0.15) is 0 Å². The number of nitrogens with zero attached hydrogens (tertiary/aromatic N) is 1. The first-order chi connectivity index (χ1) is 28.0. The maximum Gasteiger partial charge on any atom is 0.260 e. The van der Waals surface area contributed by atoms with Crippen molar-refractivity contribution in [2.24, 2.45) is 0 Å². The third-order valence-corrected chi connectivity index (χ3v) is 15.4. The fraction of sp³-hybridized carbons (Fsp3) is 0.259. The Bertz CT molecular complexity index is 3110. The molecule has 0 N–H and O–H groups in total. The van der Waals surface area contributed by atoms with Gasteiger partial charge in [-0.3, -0.25) is 0 Å². The Hall–Kier alpha value is -5.52. The van der Waals surface area contributed by atoms with Gasteiger partial charge in [0.25, 0.3) is 6.71 Å². The molecule has 4 heterocycles. The van der Waals surface area contributed by atoms with E-state index in [0.29, 0.717) is 0 Å². The minimum absolute atomic E-state index is 0.00615. The van der Waals surface area contributed by atoms with Crippen LogP contribution in [0.25, 0.3) is 48.4 Å². The van der Waals surface area contributed by atoms with Gasteiger partial charge in [-0.05, 0) is 78.2 Å². The van der Waals surface area contributed by atoms with Gasteiger partial charge in [-0.15, -0.1) is 11.3 Å². The SMILES string of the molecule is CC(C)(C)c1ccc2c(c1)B1c3cc(C(C)(C)C)ccc3Oc3cc(-n4c5c(c6ccc7c8c(sc7c64)-c4ccccc4C8(C)C)C(C)(C)c4ccccc4-5)cc(c31)O2. The fourth-order valence-corrected chi connectivity index (χ4v) is 12.7. The lowest BCUT2D eigenvalue weighted by Gasteiger charge is -2.35. The summed E-state index contributed by atoms with van der Waals surface area (Å²) in [6, 6.07) is 41.2. The fourth-order valence-electron chi connectivity index (χ4n) is 11.2. The molecule has 8 aromatic rings. The van der Waals surface area contributed by atoms with E-state index < -0.39 is 0 Å². The van der Waals surface area contributed by atoms with Crippen molar-refractivity contribution < 1.29 is 9.47 Å². The molecule has 59 heavy (non-hydrogen) atoms. The van der Waals surface area contributed by atoms with Crippen molar-refractivity contribution in [3.63, 3.8) is 0 Å². The third-order valence-electron chi connectivity index (χ3n) is 14.2. The van der Waals surface area contributed by atoms with Crippen molar-refractivity contribution in [3.8, 4) is 50.4 Å². The van der Waals surface area contributed by atoms with Crippen LogP contribution in [0.3, 0.4) is 0 Å². The van der Waals surface area contributed by atoms with Crippen LogP contribution in [0.2, 0.25) is 0 Å². The number of hydrogen-bond acceptors (Lipinski definition) is 3. The number of thiophene rings is 1. The van der Waals surface area contributed by atoms with Crippen molar-refractivity contribution in [3.05, 3.63) is 143 Å². The molecule has 290 valence electrons. The van der Waals surface area contributed by atoms with Crippen LogP contribution in [-0.4, -0.2) is 11.3 Å². The van der Waals surface area contributed by atoms with E-state index in [1.54, 1.807) is 0 Å². The molecule has 0 atom stereocenters. The molecule has 4 aliphatic rings. The van der Waals surface area contributed by atoms with Crippen molar-refractivity contribution in [1.29, 1.82) is 0 Å². The van der Waals surface area contributed by atoms with Gasteiger partial charge in [-0.1, -0.05) is 154 Å². The Labute approximate surface area is 351 Å². The predicted molar refractivity (Wildman–Crippen MR) is 249 cm³/mol. The van der Waals surface area contributed by atoms with E-state index in [1.165, 1.54) is 87.0 Å². The van der Waals surface area contributed by atoms with Gasteiger partial charge in [0, 0.05) is 44.3 Å². The van der Waals surface area contributed by atoms with Crippen LogP contribution in [-0.2, 0) is 21.7 Å². The predicted octanol–water partition coefficient (Wildman–Crippen LogP) is 12.8. The second kappa shape index (κ2) is 11.2. The van der Waals surface area contributed by atoms with Crippen LogP contribution in [0.5, 0.6) is 23.0 Å². The maximum atomic E-state index is 7.10. The smallest absolute Gasteiger partial charge is 0.260 e. The summed E-state index contributed by atoms with van der Waals surface area (Å²) >= 11 is 1.96. The van der Waals surface area contributed by atoms with E-state index >= 15 is 0 Å². The van der Waals surface area contributed by atoms with E-state index in [2.05, 4.69) is 183 Å². The first-order valence-corrected chi connectivity index (χ1v) is 22.0. The summed E-state index contributed by atoms with van der Waals surface area (Å²) in [5.41, 5.74) is 17.7. The highest BCUT2D eigenvalue weighted by Gasteiger charge is 2.45. The van der Waals surface area contributed by atoms with Crippen LogP contribution < -0.4 is 25.9 Å². The monoisotopic (exact) mass is 785 g/mol. The first-order valence-electron chi connectivity index (χ1n) is 21.2. The molecule has 0 saturated heterocycles. The molecular formula is C54H48BNO2S. The summed E-state index contributed by atoms with van der Waals surface area (Å²) in [5, 5.41) is 2.66. The van der Waals surface area contributed by atoms with Crippen molar-refractivity contribution >= 4 is 55.4 Å². The van der Waals surface area contributed by atoms with Crippen molar-refractivity contribution in [2.75, 3.05) is 0 Å². The minimum Gasteiger partial charge on any atom is -0.458 e. The van der Waals surface area contributed by atoms with E-state index in [0.717, 1.165) is 34.1 Å². The highest BCUT2D eigenvalue weighted by Crippen LogP contribution is 2.60. The standard InChI is InChI=1S/C54H48BNO2S/c1-51(2,3)29-19-23-40-38(25-29)55-39-26-30(52(4,5)6)20-24-41(39)58-43-28-31(27-42(57-40)46(43)55)56-47-32-15-11-13-17-36(32)53(7,8)44(47)34-21-22-35-45-49(59-50(35)48(34)56)33-16-12-14-18-37(33)54(45,9)10/h11-28H,1-10H3. The summed E-state index contributed by atoms with van der Waals surface area (Å²) in [4.78, 5) is 1.40. The second-order valence-electron chi connectivity index (χ2n) is 20.5. The number of rotatable bonds is 1. The number of fused-ring (bicyclic) bond motifs is 15. The lowest BCUT2D eigenvalue weighted by Crippen LogP contribution is -2.57. The van der Waals surface area contributed by atoms with Crippen LogP contribution >= 0.6 is 11.3 Å². The lowest BCUT2D eigenvalue weighted by molar-refractivity contribution is 0.463. The Morgan fingerprint density at radius 2 is 1.08 bits per heavy atom. The Morgan fingerprint density at radius 1 is 0.559 bits per heavy atom. The molecule has 5 heteroatoms. The average molecular weight is 786 g/mol. The van der Waals surface area contributed by atoms with Crippen molar-refractivity contribution in [1.82, 2.24) is 4.57 Å². The molecule has 2 aromatic heterocycles. The summed E-state index contributed by atoms with van der Waals surface area (Å²) in [6.07, 6.45) is 0. The van der Waals surface area contributed by atoms with Gasteiger partial charge in [0.05, 0.1) is 21.6 Å². The zero-order valence-electron chi connectivity index (χ0n) is 35.6. The third kappa shape index (κ3) is 4.55. The summed E-state index contributed by atoms with van der Waals surface area (Å²) in [6.45, 7) is 23.3. The molecule has 0 unspecified atom stereocenters. The summed E-state index contributed by atoms with van der Waals surface area (Å²) < 4.78 is 18.1. The molecule has 0 radical (unpaired) electrons. The molecule has 0 saturated carbocycles. The Kier molecular flexibility index (Phi) is 6.72.